The van der Waals surface area contributed by atoms with Gasteiger partial charge in [-0.25, -0.2) is 0 Å². The molecule has 2 unspecified atom stereocenters. The summed E-state index contributed by atoms with van der Waals surface area (Å²) in [5.41, 5.74) is 1.30. The lowest BCUT2D eigenvalue weighted by Gasteiger charge is -2.26. The Hall–Kier alpha value is 3.45. The van der Waals surface area contributed by atoms with Gasteiger partial charge in [0, 0.05) is 51.1 Å². The topological polar surface area (TPSA) is 9.23 Å². The largest absolute Gasteiger partial charge is 0.381 e. The van der Waals surface area contributed by atoms with Crippen molar-refractivity contribution in [2.75, 3.05) is 13.2 Å². The van der Waals surface area contributed by atoms with Gasteiger partial charge in [0.2, 0.25) is 0 Å². The molecule has 0 aliphatic rings. The van der Waals surface area contributed by atoms with Crippen LogP contribution in [0.2, 0.25) is 0 Å². The number of rotatable bonds is 10. The zero-order valence-corrected chi connectivity index (χ0v) is 32.3. The third kappa shape index (κ3) is 9.85. The van der Waals surface area contributed by atoms with E-state index in [1.54, 1.807) is 0 Å². The van der Waals surface area contributed by atoms with Crippen molar-refractivity contribution in [2.24, 2.45) is 0 Å². The predicted molar refractivity (Wildman–Crippen MR) is 171 cm³/mol. The highest BCUT2D eigenvalue weighted by Crippen LogP contribution is 2.47. The first-order chi connectivity index (χ1) is 15.1. The van der Waals surface area contributed by atoms with Gasteiger partial charge in [0.15, 0.2) is 0 Å². The maximum Gasteiger partial charge on any atom is 0.348 e. The molecule has 0 aliphatic carbocycles. The molecule has 2 aromatic rings. The van der Waals surface area contributed by atoms with Crippen molar-refractivity contribution in [2.45, 2.75) is 23.9 Å². The molecule has 0 radical (unpaired) electrons. The molecule has 1 nitrogen and oxygen atoms in total. The molecule has 2 aromatic carbocycles. The summed E-state index contributed by atoms with van der Waals surface area (Å²) < 4.78 is 11.2. The predicted octanol–water partition coefficient (Wildman–Crippen LogP) is 12.3. The molecule has 0 fully saturated rings. The maximum atomic E-state index is 6.47. The van der Waals surface area contributed by atoms with E-state index < -0.39 is 12.0 Å². The molecule has 0 spiro atoms. The van der Waals surface area contributed by atoms with E-state index in [1.807, 2.05) is 24.3 Å². The van der Waals surface area contributed by atoms with E-state index in [-0.39, 0.29) is 11.1 Å². The zero-order chi connectivity index (χ0) is 25.1. The Morgan fingerprint density at radius 2 is 0.848 bits per heavy atom. The Balaban J connectivity index is 2.10. The van der Waals surface area contributed by atoms with Gasteiger partial charge in [-0.2, -0.15) is 0 Å². The van der Waals surface area contributed by atoms with Crippen LogP contribution in [0.4, 0.5) is 0 Å². The van der Waals surface area contributed by atoms with Crippen LogP contribution in [0.15, 0.2) is 51.1 Å². The third-order valence-corrected chi connectivity index (χ3v) is 15.7. The first-order valence-corrected chi connectivity index (χ1v) is 24.1. The summed E-state index contributed by atoms with van der Waals surface area (Å²) in [6.07, 6.45) is 1.09. The zero-order valence-electron chi connectivity index (χ0n) is 16.2. The maximum absolute atomic E-state index is 6.47. The van der Waals surface area contributed by atoms with E-state index in [0.717, 1.165) is 38.0 Å². The van der Waals surface area contributed by atoms with Crippen LogP contribution in [0.1, 0.15) is 35.1 Å². The fourth-order valence-electron chi connectivity index (χ4n) is 3.22. The number of hydrogen-bond acceptors (Lipinski definition) is 1. The van der Waals surface area contributed by atoms with E-state index >= 15 is 0 Å². The van der Waals surface area contributed by atoms with Gasteiger partial charge < -0.3 is 4.74 Å². The average molecular weight is 995 g/mol. The lowest BCUT2D eigenvalue weighted by atomic mass is 10.1. The van der Waals surface area contributed by atoms with E-state index in [2.05, 4.69) is 95.6 Å². The Labute approximate surface area is 274 Å². The normalized spacial score (nSPS) is 14.4. The molecule has 184 valence electrons. The van der Waals surface area contributed by atoms with Gasteiger partial charge in [-0.15, -0.1) is 66.5 Å². The summed E-state index contributed by atoms with van der Waals surface area (Å²) in [6.45, 7) is 0.800. The summed E-state index contributed by atoms with van der Waals surface area (Å²) in [5, 5.41) is 0. The number of benzene rings is 2. The van der Waals surface area contributed by atoms with Crippen LogP contribution in [0.25, 0.3) is 0 Å². The van der Waals surface area contributed by atoms with Crippen molar-refractivity contribution in [3.63, 3.8) is 0 Å². The molecular formula is C18H14Br6Cl6OSi2. The fourth-order valence-corrected chi connectivity index (χ4v) is 15.8. The minimum absolute atomic E-state index is 0.271. The number of halogens is 12. The standard InChI is InChI=1S/C18H14Br6Cl6OSi2/c19-9-5-11(21)17(12(22)6-9)15(32(25,26)27)1-3-31-4-2-16(33(28,29)30)18-13(23)7-10(20)8-14(18)24/h5-8,15-16H,1-4H2. The van der Waals surface area contributed by atoms with E-state index in [4.69, 9.17) is 71.2 Å². The number of ether oxygens (including phenoxy) is 1. The summed E-state index contributed by atoms with van der Waals surface area (Å²) in [6, 6.07) is 1.52. The highest BCUT2D eigenvalue weighted by Gasteiger charge is 2.41. The minimum Gasteiger partial charge on any atom is -0.381 e. The summed E-state index contributed by atoms with van der Waals surface area (Å²) in [4.78, 5) is 0. The van der Waals surface area contributed by atoms with Gasteiger partial charge in [-0.1, -0.05) is 95.6 Å². The molecule has 0 saturated carbocycles. The molecule has 0 amide bonds. The molecule has 0 N–H and O–H groups in total. The van der Waals surface area contributed by atoms with Gasteiger partial charge in [-0.05, 0) is 48.2 Å². The highest BCUT2D eigenvalue weighted by molar-refractivity contribution is 9.12. The lowest BCUT2D eigenvalue weighted by Crippen LogP contribution is -2.27. The first kappa shape index (κ1) is 32.7. The molecule has 0 aromatic heterocycles. The Morgan fingerprint density at radius 1 is 0.576 bits per heavy atom. The van der Waals surface area contributed by atoms with Crippen LogP contribution in [0.5, 0.6) is 0 Å². The molecule has 15 heteroatoms. The molecule has 0 heterocycles. The van der Waals surface area contributed by atoms with Gasteiger partial charge in [0.05, 0.1) is 0 Å². The summed E-state index contributed by atoms with van der Waals surface area (Å²) >= 11 is 60.1. The fraction of sp³-hybridized carbons (Fsp3) is 0.333. The first-order valence-electron chi connectivity index (χ1n) is 9.13. The van der Waals surface area contributed by atoms with E-state index in [1.165, 1.54) is 0 Å². The van der Waals surface area contributed by atoms with Gasteiger partial charge >= 0.3 is 12.0 Å². The lowest BCUT2D eigenvalue weighted by molar-refractivity contribution is 0.127. The SMILES string of the molecule is Cl[Si](Cl)(Cl)C(CCOCCC(c1c(Br)cc(Br)cc1Br)[Si](Cl)(Cl)Cl)c1c(Br)cc(Br)cc1Br. The molecule has 2 atom stereocenters. The smallest absolute Gasteiger partial charge is 0.348 e. The summed E-state index contributed by atoms with van der Waals surface area (Å²) in [5.74, 6) is 0. The van der Waals surface area contributed by atoms with Gasteiger partial charge in [-0.3, -0.25) is 0 Å². The van der Waals surface area contributed by atoms with E-state index in [0.29, 0.717) is 26.1 Å². The molecule has 0 saturated heterocycles. The van der Waals surface area contributed by atoms with Crippen molar-refractivity contribution in [1.29, 1.82) is 0 Å². The monoisotopic (exact) mass is 985 g/mol. The average Bonchev–Trinajstić information content (AvgIpc) is 2.61. The van der Waals surface area contributed by atoms with Crippen molar-refractivity contribution in [3.8, 4) is 0 Å². The van der Waals surface area contributed by atoms with Crippen LogP contribution in [-0.2, 0) is 4.74 Å². The second-order valence-corrected chi connectivity index (χ2v) is 30.0. The van der Waals surface area contributed by atoms with Crippen LogP contribution < -0.4 is 0 Å². The van der Waals surface area contributed by atoms with Crippen LogP contribution in [0.3, 0.4) is 0 Å². The summed E-state index contributed by atoms with van der Waals surface area (Å²) in [7, 11) is 0. The Kier molecular flexibility index (Phi) is 14.0. The van der Waals surface area contributed by atoms with Gasteiger partial charge in [0.1, 0.15) is 0 Å². The van der Waals surface area contributed by atoms with Gasteiger partial charge in [0.25, 0.3) is 0 Å². The molecular weight excluding hydrogens is 981 g/mol. The molecule has 0 aliphatic heterocycles. The van der Waals surface area contributed by atoms with Crippen LogP contribution in [-0.4, -0.2) is 25.2 Å². The molecule has 0 bridgehead atoms. The quantitative estimate of drug-likeness (QED) is 0.131. The third-order valence-electron chi connectivity index (χ3n) is 4.68. The highest BCUT2D eigenvalue weighted by atomic mass is 79.9. The second-order valence-electron chi connectivity index (χ2n) is 6.94. The minimum atomic E-state index is -3.10. The van der Waals surface area contributed by atoms with E-state index in [9.17, 15) is 0 Å². The van der Waals surface area contributed by atoms with Crippen molar-refractivity contribution >= 4 is 174 Å². The van der Waals surface area contributed by atoms with Crippen molar-refractivity contribution in [3.05, 3.63) is 62.2 Å². The second kappa shape index (κ2) is 14.2. The van der Waals surface area contributed by atoms with Crippen LogP contribution >= 0.6 is 162 Å². The number of hydrogen-bond donors (Lipinski definition) is 0. The Bertz CT molecular complexity index is 864. The van der Waals surface area contributed by atoms with Crippen molar-refractivity contribution < 1.29 is 4.74 Å². The van der Waals surface area contributed by atoms with Crippen molar-refractivity contribution in [1.82, 2.24) is 0 Å². The van der Waals surface area contributed by atoms with Crippen LogP contribution in [0, 0.1) is 0 Å². The Morgan fingerprint density at radius 3 is 1.09 bits per heavy atom. The molecule has 2 rings (SSSR count). The molecule has 33 heavy (non-hydrogen) atoms.